The van der Waals surface area contributed by atoms with Gasteiger partial charge in [0, 0.05) is 0 Å². The monoisotopic (exact) mass is 633 g/mol. The van der Waals surface area contributed by atoms with Crippen molar-refractivity contribution in [1.82, 2.24) is 5.32 Å². The molecule has 2 aliphatic heterocycles. The Balaban J connectivity index is 1.27. The molecule has 0 radical (unpaired) electrons. The second-order valence-electron chi connectivity index (χ2n) is 11.6. The largest absolute Gasteiger partial charge is 0.497 e. The summed E-state index contributed by atoms with van der Waals surface area (Å²) in [6.07, 6.45) is 0.302. The van der Waals surface area contributed by atoms with Crippen molar-refractivity contribution >= 4 is 6.09 Å². The highest BCUT2D eigenvalue weighted by Crippen LogP contribution is 2.40. The molecule has 0 aromatic heterocycles. The van der Waals surface area contributed by atoms with Crippen molar-refractivity contribution in [3.63, 3.8) is 0 Å². The van der Waals surface area contributed by atoms with Crippen molar-refractivity contribution in [3.8, 4) is 5.75 Å². The van der Waals surface area contributed by atoms with Gasteiger partial charge in [0.05, 0.1) is 32.5 Å². The van der Waals surface area contributed by atoms with Gasteiger partial charge in [-0.05, 0) is 49.6 Å². The molecule has 3 aromatic carbocycles. The highest BCUT2D eigenvalue weighted by molar-refractivity contribution is 5.68. The Kier molecular flexibility index (Phi) is 11.8. The van der Waals surface area contributed by atoms with Crippen LogP contribution in [0.4, 0.5) is 4.79 Å². The molecule has 0 aliphatic carbocycles. The fraction of sp³-hybridized carbons (Fsp3) is 0.417. The Labute approximate surface area is 270 Å². The summed E-state index contributed by atoms with van der Waals surface area (Å²) in [5, 5.41) is 2.96. The number of carbonyl (C=O) groups is 1. The van der Waals surface area contributed by atoms with Crippen LogP contribution >= 0.6 is 0 Å². The average Bonchev–Trinajstić information content (AvgIpc) is 3.55. The van der Waals surface area contributed by atoms with Crippen LogP contribution in [0.3, 0.4) is 0 Å². The topological polar surface area (TPSA) is 103 Å². The molecule has 246 valence electrons. The number of rotatable bonds is 15. The van der Waals surface area contributed by atoms with Crippen molar-refractivity contribution in [3.05, 3.63) is 114 Å². The van der Waals surface area contributed by atoms with E-state index in [1.54, 1.807) is 7.11 Å². The van der Waals surface area contributed by atoms with Gasteiger partial charge in [-0.2, -0.15) is 0 Å². The molecule has 0 spiro atoms. The van der Waals surface area contributed by atoms with Crippen LogP contribution in [0.1, 0.15) is 37.5 Å². The van der Waals surface area contributed by atoms with Gasteiger partial charge in [0.1, 0.15) is 37.5 Å². The third-order valence-corrected chi connectivity index (χ3v) is 7.59. The molecule has 5 rings (SSSR count). The number of carbonyl (C=O) groups excluding carboxylic acids is 1. The van der Waals surface area contributed by atoms with Crippen molar-refractivity contribution in [2.24, 2.45) is 0 Å². The maximum atomic E-state index is 13.1. The lowest BCUT2D eigenvalue weighted by Crippen LogP contribution is -2.49. The molecule has 0 unspecified atom stereocenters. The molecule has 0 saturated carbocycles. The second-order valence-corrected chi connectivity index (χ2v) is 11.6. The summed E-state index contributed by atoms with van der Waals surface area (Å²) in [6.45, 7) is 6.51. The highest BCUT2D eigenvalue weighted by atomic mass is 16.8. The first-order valence-corrected chi connectivity index (χ1v) is 15.4. The zero-order valence-corrected chi connectivity index (χ0v) is 26.7. The summed E-state index contributed by atoms with van der Waals surface area (Å²) in [7, 11) is 1.63. The van der Waals surface area contributed by atoms with Gasteiger partial charge in [-0.1, -0.05) is 84.9 Å². The summed E-state index contributed by atoms with van der Waals surface area (Å²) in [5.74, 6) is -0.0947. The van der Waals surface area contributed by atoms with Gasteiger partial charge in [-0.25, -0.2) is 4.79 Å². The quantitative estimate of drug-likeness (QED) is 0.125. The molecule has 46 heavy (non-hydrogen) atoms. The van der Waals surface area contributed by atoms with Crippen molar-refractivity contribution in [2.75, 3.05) is 13.9 Å². The molecule has 2 aliphatic rings. The maximum Gasteiger partial charge on any atom is 0.408 e. The molecule has 1 N–H and O–H groups in total. The number of hydrogen-bond acceptors (Lipinski definition) is 9. The SMILES string of the molecule is COc1ccc(CO[C@H]2[C@H]3OC(C)(C)O[C@H]3O[C@@H]2[C@@H](/C=C/[C@@H](C)OCOCc2ccccc2)NC(=O)OCc2ccccc2)cc1. The van der Waals surface area contributed by atoms with Crippen molar-refractivity contribution in [2.45, 2.75) is 83.1 Å². The first-order valence-electron chi connectivity index (χ1n) is 15.4. The molecule has 6 atom stereocenters. The number of nitrogens with one attached hydrogen (secondary N) is 1. The smallest absolute Gasteiger partial charge is 0.408 e. The van der Waals surface area contributed by atoms with E-state index in [-0.39, 0.29) is 26.1 Å². The van der Waals surface area contributed by atoms with Crippen LogP contribution in [0.25, 0.3) is 0 Å². The Morgan fingerprint density at radius 3 is 2.20 bits per heavy atom. The Bertz CT molecular complexity index is 1380. The third kappa shape index (κ3) is 9.62. The number of methoxy groups -OCH3 is 1. The van der Waals surface area contributed by atoms with E-state index < -0.39 is 42.5 Å². The fourth-order valence-electron chi connectivity index (χ4n) is 5.26. The highest BCUT2D eigenvalue weighted by Gasteiger charge is 2.57. The van der Waals surface area contributed by atoms with E-state index in [4.69, 9.17) is 37.9 Å². The van der Waals surface area contributed by atoms with Crippen LogP contribution < -0.4 is 10.1 Å². The first-order chi connectivity index (χ1) is 22.3. The normalized spacial score (nSPS) is 23.1. The Morgan fingerprint density at radius 1 is 0.870 bits per heavy atom. The van der Waals surface area contributed by atoms with Gasteiger partial charge in [-0.15, -0.1) is 0 Å². The lowest BCUT2D eigenvalue weighted by Gasteiger charge is -2.30. The molecule has 2 heterocycles. The minimum Gasteiger partial charge on any atom is -0.497 e. The molecule has 3 aromatic rings. The molecular weight excluding hydrogens is 590 g/mol. The summed E-state index contributed by atoms with van der Waals surface area (Å²) in [6, 6.07) is 26.3. The van der Waals surface area contributed by atoms with E-state index in [1.165, 1.54) is 0 Å². The minimum absolute atomic E-state index is 0.103. The summed E-state index contributed by atoms with van der Waals surface area (Å²) in [4.78, 5) is 13.1. The number of hydrogen-bond donors (Lipinski definition) is 1. The van der Waals surface area contributed by atoms with E-state index in [0.717, 1.165) is 22.4 Å². The molecular formula is C36H43NO9. The molecule has 2 fully saturated rings. The minimum atomic E-state index is -0.850. The van der Waals surface area contributed by atoms with Crippen LogP contribution in [0, 0.1) is 0 Å². The number of fused-ring (bicyclic) bond motifs is 1. The van der Waals surface area contributed by atoms with Crippen LogP contribution in [-0.4, -0.2) is 62.5 Å². The Morgan fingerprint density at radius 2 is 1.52 bits per heavy atom. The molecule has 0 bridgehead atoms. The zero-order valence-electron chi connectivity index (χ0n) is 26.7. The average molecular weight is 634 g/mol. The van der Waals surface area contributed by atoms with Crippen LogP contribution in [-0.2, 0) is 53.0 Å². The maximum absolute atomic E-state index is 13.1. The van der Waals surface area contributed by atoms with Gasteiger partial charge < -0.3 is 43.2 Å². The van der Waals surface area contributed by atoms with Crippen LogP contribution in [0.15, 0.2) is 97.1 Å². The predicted octanol–water partition coefficient (Wildman–Crippen LogP) is 5.89. The standard InChI is InChI=1S/C36H43NO9/c1-25(43-24-40-21-26-11-7-5-8-12-26)15-20-30(37-35(38)42-23-27-13-9-6-10-14-27)31-32(33-34(44-31)46-36(2,3)45-33)41-22-28-16-18-29(39-4)19-17-28/h5-20,25,30-34H,21-24H2,1-4H3,(H,37,38)/b20-15+/t25-,30-,31-,32-,33-,34-/m1/s1. The van der Waals surface area contributed by atoms with Crippen LogP contribution in [0.2, 0.25) is 0 Å². The van der Waals surface area contributed by atoms with E-state index in [9.17, 15) is 4.79 Å². The lowest BCUT2D eigenvalue weighted by atomic mass is 10.0. The van der Waals surface area contributed by atoms with Gasteiger partial charge in [-0.3, -0.25) is 0 Å². The number of ether oxygens (including phenoxy) is 8. The second kappa shape index (κ2) is 16.2. The molecule has 10 nitrogen and oxygen atoms in total. The van der Waals surface area contributed by atoms with E-state index in [0.29, 0.717) is 6.61 Å². The number of benzene rings is 3. The fourth-order valence-corrected chi connectivity index (χ4v) is 5.26. The van der Waals surface area contributed by atoms with Gasteiger partial charge in [0.15, 0.2) is 12.1 Å². The van der Waals surface area contributed by atoms with E-state index in [1.807, 2.05) is 118 Å². The lowest BCUT2D eigenvalue weighted by molar-refractivity contribution is -0.220. The number of amides is 1. The van der Waals surface area contributed by atoms with Crippen molar-refractivity contribution in [1.29, 1.82) is 0 Å². The van der Waals surface area contributed by atoms with Gasteiger partial charge >= 0.3 is 6.09 Å². The van der Waals surface area contributed by atoms with Crippen molar-refractivity contribution < 1.29 is 42.7 Å². The van der Waals surface area contributed by atoms with Gasteiger partial charge in [0.25, 0.3) is 0 Å². The summed E-state index contributed by atoms with van der Waals surface area (Å²) < 4.78 is 47.5. The first kappa shape index (κ1) is 33.6. The molecule has 1 amide bonds. The molecule has 2 saturated heterocycles. The predicted molar refractivity (Wildman–Crippen MR) is 170 cm³/mol. The summed E-state index contributed by atoms with van der Waals surface area (Å²) >= 11 is 0. The third-order valence-electron chi connectivity index (χ3n) is 7.59. The van der Waals surface area contributed by atoms with Crippen LogP contribution in [0.5, 0.6) is 5.75 Å². The van der Waals surface area contributed by atoms with E-state index >= 15 is 0 Å². The molecule has 10 heteroatoms. The van der Waals surface area contributed by atoms with E-state index in [2.05, 4.69) is 5.32 Å². The van der Waals surface area contributed by atoms with Gasteiger partial charge in [0.2, 0.25) is 0 Å². The Hall–Kier alpha value is -3.77. The summed E-state index contributed by atoms with van der Waals surface area (Å²) in [5.41, 5.74) is 2.88. The number of alkyl carbamates (subject to hydrolysis) is 1. The zero-order chi connectivity index (χ0) is 32.4.